The van der Waals surface area contributed by atoms with Gasteiger partial charge in [-0.1, -0.05) is 5.16 Å². The number of aromatic nitrogens is 1. The Morgan fingerprint density at radius 3 is 2.78 bits per heavy atom. The fourth-order valence-corrected chi connectivity index (χ4v) is 1.43. The van der Waals surface area contributed by atoms with Gasteiger partial charge in [0.2, 0.25) is 0 Å². The monoisotopic (exact) mass is 253 g/mol. The second-order valence-corrected chi connectivity index (χ2v) is 3.36. The van der Waals surface area contributed by atoms with Crippen LogP contribution in [0.4, 0.5) is 4.39 Å². The van der Waals surface area contributed by atoms with Gasteiger partial charge in [0.15, 0.2) is 28.8 Å². The Bertz CT molecular complexity index is 607. The van der Waals surface area contributed by atoms with Gasteiger partial charge in [0.05, 0.1) is 12.7 Å². The van der Waals surface area contributed by atoms with Gasteiger partial charge in [-0.3, -0.25) is 0 Å². The lowest BCUT2D eigenvalue weighted by Crippen LogP contribution is -1.94. The highest BCUT2D eigenvalue weighted by atomic mass is 19.1. The molecule has 0 radical (unpaired) electrons. The van der Waals surface area contributed by atoms with E-state index in [4.69, 9.17) is 9.63 Å². The third kappa shape index (κ3) is 1.86. The van der Waals surface area contributed by atoms with E-state index in [-0.39, 0.29) is 28.5 Å². The van der Waals surface area contributed by atoms with Crippen LogP contribution in [-0.4, -0.2) is 28.4 Å². The van der Waals surface area contributed by atoms with E-state index in [2.05, 4.69) is 9.89 Å². The fraction of sp³-hybridized carbons (Fsp3) is 0.0909. The van der Waals surface area contributed by atoms with Crippen LogP contribution in [0, 0.1) is 5.82 Å². The molecule has 0 fully saturated rings. The number of aromatic hydroxyl groups is 1. The summed E-state index contributed by atoms with van der Waals surface area (Å²) in [4.78, 5) is 10.6. The van der Waals surface area contributed by atoms with Crippen LogP contribution in [0.15, 0.2) is 22.7 Å². The number of nitrogens with zero attached hydrogens (tertiary/aromatic N) is 1. The molecule has 7 heteroatoms. The molecule has 2 aromatic rings. The van der Waals surface area contributed by atoms with Gasteiger partial charge < -0.3 is 19.5 Å². The molecule has 0 bridgehead atoms. The number of methoxy groups -OCH3 is 1. The molecule has 2 rings (SSSR count). The Morgan fingerprint density at radius 1 is 1.50 bits per heavy atom. The van der Waals surface area contributed by atoms with Crippen molar-refractivity contribution in [2.45, 2.75) is 0 Å². The highest BCUT2D eigenvalue weighted by molar-refractivity contribution is 5.86. The lowest BCUT2D eigenvalue weighted by molar-refractivity contribution is 0.0686. The van der Waals surface area contributed by atoms with Gasteiger partial charge in [0.1, 0.15) is 0 Å². The summed E-state index contributed by atoms with van der Waals surface area (Å²) in [6.07, 6.45) is 0. The molecule has 0 unspecified atom stereocenters. The van der Waals surface area contributed by atoms with E-state index in [1.54, 1.807) is 0 Å². The number of benzene rings is 1. The number of halogens is 1. The first-order chi connectivity index (χ1) is 8.54. The van der Waals surface area contributed by atoms with Gasteiger partial charge in [-0.25, -0.2) is 9.18 Å². The van der Waals surface area contributed by atoms with Gasteiger partial charge in [-0.05, 0) is 12.1 Å². The van der Waals surface area contributed by atoms with E-state index in [1.165, 1.54) is 19.2 Å². The molecule has 94 valence electrons. The summed E-state index contributed by atoms with van der Waals surface area (Å²) in [6, 6.07) is 3.52. The molecule has 1 heterocycles. The zero-order valence-corrected chi connectivity index (χ0v) is 9.18. The minimum atomic E-state index is -1.28. The summed E-state index contributed by atoms with van der Waals surface area (Å²) in [5, 5.41) is 21.3. The van der Waals surface area contributed by atoms with Gasteiger partial charge in [-0.2, -0.15) is 0 Å². The second-order valence-electron chi connectivity index (χ2n) is 3.36. The van der Waals surface area contributed by atoms with Crippen molar-refractivity contribution < 1.29 is 28.7 Å². The summed E-state index contributed by atoms with van der Waals surface area (Å²) >= 11 is 0. The predicted molar refractivity (Wildman–Crippen MR) is 57.1 cm³/mol. The van der Waals surface area contributed by atoms with Crippen molar-refractivity contribution in [1.82, 2.24) is 5.16 Å². The van der Waals surface area contributed by atoms with Crippen LogP contribution in [0.1, 0.15) is 10.5 Å². The van der Waals surface area contributed by atoms with Gasteiger partial charge in [0.25, 0.3) is 0 Å². The van der Waals surface area contributed by atoms with Gasteiger partial charge in [-0.15, -0.1) is 0 Å². The molecule has 0 spiro atoms. The smallest absolute Gasteiger partial charge is 0.358 e. The Hall–Kier alpha value is -2.57. The minimum Gasteiger partial charge on any atom is -0.504 e. The first-order valence-corrected chi connectivity index (χ1v) is 4.80. The Balaban J connectivity index is 2.53. The van der Waals surface area contributed by atoms with Crippen LogP contribution in [-0.2, 0) is 0 Å². The quantitative estimate of drug-likeness (QED) is 0.867. The van der Waals surface area contributed by atoms with Crippen molar-refractivity contribution in [3.05, 3.63) is 29.7 Å². The average Bonchev–Trinajstić information content (AvgIpc) is 2.79. The number of aromatic carboxylic acids is 1. The van der Waals surface area contributed by atoms with E-state index < -0.39 is 11.8 Å². The van der Waals surface area contributed by atoms with Crippen LogP contribution in [0.5, 0.6) is 11.5 Å². The second kappa shape index (κ2) is 4.36. The highest BCUT2D eigenvalue weighted by Gasteiger charge is 2.19. The van der Waals surface area contributed by atoms with Crippen molar-refractivity contribution in [1.29, 1.82) is 0 Å². The number of hydrogen-bond donors (Lipinski definition) is 2. The molecular weight excluding hydrogens is 245 g/mol. The van der Waals surface area contributed by atoms with Crippen LogP contribution in [0.3, 0.4) is 0 Å². The summed E-state index contributed by atoms with van der Waals surface area (Å²) in [7, 11) is 1.20. The van der Waals surface area contributed by atoms with Crippen molar-refractivity contribution in [2.24, 2.45) is 0 Å². The third-order valence-electron chi connectivity index (χ3n) is 2.28. The largest absolute Gasteiger partial charge is 0.504 e. The molecule has 0 saturated heterocycles. The first-order valence-electron chi connectivity index (χ1n) is 4.80. The van der Waals surface area contributed by atoms with E-state index in [0.29, 0.717) is 0 Å². The van der Waals surface area contributed by atoms with E-state index >= 15 is 0 Å². The van der Waals surface area contributed by atoms with Crippen LogP contribution in [0.25, 0.3) is 11.3 Å². The topological polar surface area (TPSA) is 92.8 Å². The van der Waals surface area contributed by atoms with Crippen molar-refractivity contribution in [3.63, 3.8) is 0 Å². The maximum Gasteiger partial charge on any atom is 0.358 e. The molecule has 6 nitrogen and oxygen atoms in total. The Kier molecular flexibility index (Phi) is 2.88. The molecule has 0 aliphatic rings. The number of rotatable bonds is 3. The summed E-state index contributed by atoms with van der Waals surface area (Å²) in [6.45, 7) is 0. The lowest BCUT2D eigenvalue weighted by atomic mass is 10.1. The molecule has 0 atom stereocenters. The minimum absolute atomic E-state index is 0.0512. The zero-order valence-electron chi connectivity index (χ0n) is 9.18. The van der Waals surface area contributed by atoms with E-state index in [0.717, 1.165) is 6.07 Å². The molecule has 0 aliphatic heterocycles. The van der Waals surface area contributed by atoms with Crippen molar-refractivity contribution in [2.75, 3.05) is 7.11 Å². The summed E-state index contributed by atoms with van der Waals surface area (Å²) in [5.41, 5.74) is -0.388. The number of hydrogen-bond acceptors (Lipinski definition) is 5. The Labute approximate surface area is 100 Å². The number of phenols is 1. The average molecular weight is 253 g/mol. The molecule has 2 N–H and O–H groups in total. The summed E-state index contributed by atoms with van der Waals surface area (Å²) < 4.78 is 23.3. The fourth-order valence-electron chi connectivity index (χ4n) is 1.43. The number of phenolic OH excluding ortho intramolecular Hbond substituents is 1. The highest BCUT2D eigenvalue weighted by Crippen LogP contribution is 2.35. The standard InChI is InChI=1S/C11H8FNO5/c1-17-10-7(14)3-2-5(9(10)12)8-4-6(11(15)16)13-18-8/h2-4,14H,1H3,(H,15,16). The number of carbonyl (C=O) groups is 1. The summed E-state index contributed by atoms with van der Waals surface area (Å²) in [5.74, 6) is -2.91. The van der Waals surface area contributed by atoms with Crippen LogP contribution < -0.4 is 4.74 Å². The number of carboxylic acids is 1. The Morgan fingerprint density at radius 2 is 2.22 bits per heavy atom. The van der Waals surface area contributed by atoms with E-state index in [9.17, 15) is 14.3 Å². The van der Waals surface area contributed by atoms with Gasteiger partial charge >= 0.3 is 5.97 Å². The number of carboxylic acid groups (broad SMARTS) is 1. The normalized spacial score (nSPS) is 10.3. The molecular formula is C11H8FNO5. The molecule has 0 amide bonds. The molecule has 0 aliphatic carbocycles. The molecule has 18 heavy (non-hydrogen) atoms. The first kappa shape index (κ1) is 11.9. The van der Waals surface area contributed by atoms with Gasteiger partial charge in [0, 0.05) is 6.07 Å². The molecule has 0 saturated carbocycles. The molecule has 1 aromatic carbocycles. The number of ether oxygens (including phenoxy) is 1. The lowest BCUT2D eigenvalue weighted by Gasteiger charge is -2.06. The third-order valence-corrected chi connectivity index (χ3v) is 2.28. The predicted octanol–water partition coefficient (Wildman–Crippen LogP) is 1.89. The van der Waals surface area contributed by atoms with Crippen molar-refractivity contribution in [3.8, 4) is 22.8 Å². The molecule has 1 aromatic heterocycles. The van der Waals surface area contributed by atoms with E-state index in [1.807, 2.05) is 0 Å². The maximum absolute atomic E-state index is 13.9. The van der Waals surface area contributed by atoms with Crippen molar-refractivity contribution >= 4 is 5.97 Å². The zero-order chi connectivity index (χ0) is 13.3. The van der Waals surface area contributed by atoms with Crippen LogP contribution in [0.2, 0.25) is 0 Å². The maximum atomic E-state index is 13.9. The van der Waals surface area contributed by atoms with Crippen LogP contribution >= 0.6 is 0 Å². The SMILES string of the molecule is COc1c(O)ccc(-c2cc(C(=O)O)no2)c1F.